The van der Waals surface area contributed by atoms with E-state index in [-0.39, 0.29) is 12.1 Å². The van der Waals surface area contributed by atoms with Crippen LogP contribution in [0, 0.1) is 23.3 Å². The fraction of sp³-hybridized carbons (Fsp3) is 0.533. The van der Waals surface area contributed by atoms with Crippen molar-refractivity contribution >= 4 is 5.91 Å². The van der Waals surface area contributed by atoms with Gasteiger partial charge < -0.3 is 10.2 Å². The average molecular weight is 333 g/mol. The summed E-state index contributed by atoms with van der Waals surface area (Å²) in [6.45, 7) is 4.10. The fourth-order valence-electron chi connectivity index (χ4n) is 2.70. The molecule has 1 amide bonds. The third kappa shape index (κ3) is 3.64. The molecule has 1 aromatic carbocycles. The van der Waals surface area contributed by atoms with E-state index in [4.69, 9.17) is 0 Å². The van der Waals surface area contributed by atoms with Crippen molar-refractivity contribution in [3.63, 3.8) is 0 Å². The van der Waals surface area contributed by atoms with Crippen molar-refractivity contribution in [3.05, 3.63) is 34.9 Å². The highest BCUT2D eigenvalue weighted by molar-refractivity contribution is 5.94. The number of amides is 1. The predicted octanol–water partition coefficient (Wildman–Crippen LogP) is 1.61. The second-order valence-corrected chi connectivity index (χ2v) is 5.92. The summed E-state index contributed by atoms with van der Waals surface area (Å²) in [4.78, 5) is 16.2. The van der Waals surface area contributed by atoms with E-state index >= 15 is 0 Å². The SMILES string of the molecule is CC(NC(=O)c1cc(F)c(F)c(F)c1F)C1CN(C)CCN1C. The maximum atomic E-state index is 13.7. The van der Waals surface area contributed by atoms with Gasteiger partial charge in [0.1, 0.15) is 0 Å². The molecular weight excluding hydrogens is 314 g/mol. The van der Waals surface area contributed by atoms with Gasteiger partial charge in [0.2, 0.25) is 0 Å². The summed E-state index contributed by atoms with van der Waals surface area (Å²) < 4.78 is 53.1. The topological polar surface area (TPSA) is 35.6 Å². The van der Waals surface area contributed by atoms with Crippen LogP contribution in [-0.2, 0) is 0 Å². The van der Waals surface area contributed by atoms with Gasteiger partial charge >= 0.3 is 0 Å². The van der Waals surface area contributed by atoms with E-state index in [1.165, 1.54) is 0 Å². The highest BCUT2D eigenvalue weighted by atomic mass is 19.2. The summed E-state index contributed by atoms with van der Waals surface area (Å²) in [6, 6.07) is -0.0475. The first-order valence-corrected chi connectivity index (χ1v) is 7.25. The molecule has 2 unspecified atom stereocenters. The highest BCUT2D eigenvalue weighted by Gasteiger charge is 2.30. The molecule has 1 heterocycles. The van der Waals surface area contributed by atoms with Crippen LogP contribution < -0.4 is 5.32 Å². The van der Waals surface area contributed by atoms with Gasteiger partial charge in [-0.05, 0) is 27.1 Å². The van der Waals surface area contributed by atoms with Crippen LogP contribution in [0.2, 0.25) is 0 Å². The van der Waals surface area contributed by atoms with Gasteiger partial charge in [0.25, 0.3) is 5.91 Å². The van der Waals surface area contributed by atoms with Crippen LogP contribution in [0.1, 0.15) is 17.3 Å². The molecule has 1 fully saturated rings. The molecule has 0 saturated carbocycles. The maximum Gasteiger partial charge on any atom is 0.254 e. The average Bonchev–Trinajstić information content (AvgIpc) is 2.50. The van der Waals surface area contributed by atoms with Crippen LogP contribution >= 0.6 is 0 Å². The molecule has 1 N–H and O–H groups in total. The van der Waals surface area contributed by atoms with Gasteiger partial charge in [-0.3, -0.25) is 9.69 Å². The first-order chi connectivity index (χ1) is 10.7. The normalized spacial score (nSPS) is 21.3. The molecule has 0 spiro atoms. The standard InChI is InChI=1S/C15H19F4N3O/c1-8(11-7-21(2)4-5-22(11)3)20-15(23)9-6-10(16)13(18)14(19)12(9)17/h6,8,11H,4-5,7H2,1-3H3,(H,20,23). The first-order valence-electron chi connectivity index (χ1n) is 7.25. The zero-order valence-electron chi connectivity index (χ0n) is 13.2. The van der Waals surface area contributed by atoms with Crippen LogP contribution in [-0.4, -0.2) is 61.5 Å². The Kier molecular flexibility index (Phi) is 5.26. The number of benzene rings is 1. The summed E-state index contributed by atoms with van der Waals surface area (Å²) >= 11 is 0. The Morgan fingerprint density at radius 1 is 1.17 bits per heavy atom. The minimum atomic E-state index is -1.99. The van der Waals surface area contributed by atoms with E-state index in [1.807, 2.05) is 19.0 Å². The third-order valence-corrected chi connectivity index (χ3v) is 4.18. The van der Waals surface area contributed by atoms with E-state index in [2.05, 4.69) is 10.2 Å². The molecule has 4 nitrogen and oxygen atoms in total. The Labute approximate surface area is 132 Å². The van der Waals surface area contributed by atoms with Crippen LogP contribution in [0.15, 0.2) is 6.07 Å². The van der Waals surface area contributed by atoms with Gasteiger partial charge in [-0.1, -0.05) is 0 Å². The van der Waals surface area contributed by atoms with Crippen LogP contribution in [0.25, 0.3) is 0 Å². The number of rotatable bonds is 3. The summed E-state index contributed by atoms with van der Waals surface area (Å²) in [5.74, 6) is -8.19. The van der Waals surface area contributed by atoms with Crippen molar-refractivity contribution in [2.24, 2.45) is 0 Å². The zero-order valence-corrected chi connectivity index (χ0v) is 13.2. The van der Waals surface area contributed by atoms with Gasteiger partial charge in [-0.15, -0.1) is 0 Å². The maximum absolute atomic E-state index is 13.7. The third-order valence-electron chi connectivity index (χ3n) is 4.18. The molecule has 0 bridgehead atoms. The lowest BCUT2D eigenvalue weighted by Crippen LogP contribution is -2.58. The number of piperazine rings is 1. The van der Waals surface area contributed by atoms with Gasteiger partial charge in [0.15, 0.2) is 23.3 Å². The Morgan fingerprint density at radius 2 is 1.83 bits per heavy atom. The molecule has 0 radical (unpaired) electrons. The second kappa shape index (κ2) is 6.84. The van der Waals surface area contributed by atoms with Crippen molar-refractivity contribution in [2.45, 2.75) is 19.0 Å². The molecule has 0 aliphatic carbocycles. The van der Waals surface area contributed by atoms with E-state index in [1.54, 1.807) is 6.92 Å². The largest absolute Gasteiger partial charge is 0.348 e. The Bertz CT molecular complexity index is 611. The fourth-order valence-corrected chi connectivity index (χ4v) is 2.70. The van der Waals surface area contributed by atoms with E-state index in [0.717, 1.165) is 13.1 Å². The number of nitrogens with one attached hydrogen (secondary N) is 1. The number of likely N-dealkylation sites (N-methyl/N-ethyl adjacent to an activating group) is 2. The van der Waals surface area contributed by atoms with Gasteiger partial charge in [-0.2, -0.15) is 0 Å². The molecule has 1 aliphatic rings. The summed E-state index contributed by atoms with van der Waals surface area (Å²) in [5.41, 5.74) is -0.847. The van der Waals surface area contributed by atoms with Crippen molar-refractivity contribution in [2.75, 3.05) is 33.7 Å². The van der Waals surface area contributed by atoms with Gasteiger partial charge in [0, 0.05) is 31.7 Å². The lowest BCUT2D eigenvalue weighted by atomic mass is 10.0. The molecule has 128 valence electrons. The van der Waals surface area contributed by atoms with Crippen molar-refractivity contribution in [3.8, 4) is 0 Å². The van der Waals surface area contributed by atoms with Crippen LogP contribution in [0.4, 0.5) is 17.6 Å². The number of hydrogen-bond acceptors (Lipinski definition) is 3. The lowest BCUT2D eigenvalue weighted by Gasteiger charge is -2.41. The Morgan fingerprint density at radius 3 is 2.48 bits per heavy atom. The van der Waals surface area contributed by atoms with Gasteiger partial charge in [-0.25, -0.2) is 17.6 Å². The molecule has 2 atom stereocenters. The summed E-state index contributed by atoms with van der Waals surface area (Å²) in [5, 5.41) is 2.53. The van der Waals surface area contributed by atoms with Crippen LogP contribution in [0.5, 0.6) is 0 Å². The molecule has 8 heteroatoms. The second-order valence-electron chi connectivity index (χ2n) is 5.92. The number of nitrogens with zero attached hydrogens (tertiary/aromatic N) is 2. The predicted molar refractivity (Wildman–Crippen MR) is 77.1 cm³/mol. The molecule has 0 aromatic heterocycles. The van der Waals surface area contributed by atoms with Crippen molar-refractivity contribution < 1.29 is 22.4 Å². The molecular formula is C15H19F4N3O. The summed E-state index contributed by atoms with van der Waals surface area (Å²) in [7, 11) is 3.84. The monoisotopic (exact) mass is 333 g/mol. The molecule has 1 aliphatic heterocycles. The van der Waals surface area contributed by atoms with Crippen molar-refractivity contribution in [1.29, 1.82) is 0 Å². The van der Waals surface area contributed by atoms with Crippen molar-refractivity contribution in [1.82, 2.24) is 15.1 Å². The van der Waals surface area contributed by atoms with Crippen LogP contribution in [0.3, 0.4) is 0 Å². The minimum absolute atomic E-state index is 0.0316. The highest BCUT2D eigenvalue weighted by Crippen LogP contribution is 2.19. The number of carbonyl (C=O) groups is 1. The number of hydrogen-bond donors (Lipinski definition) is 1. The number of halogens is 4. The minimum Gasteiger partial charge on any atom is -0.348 e. The molecule has 1 aromatic rings. The Hall–Kier alpha value is -1.67. The molecule has 2 rings (SSSR count). The molecule has 1 saturated heterocycles. The molecule has 23 heavy (non-hydrogen) atoms. The smallest absolute Gasteiger partial charge is 0.254 e. The van der Waals surface area contributed by atoms with E-state index < -0.39 is 34.7 Å². The summed E-state index contributed by atoms with van der Waals surface area (Å²) in [6.07, 6.45) is 0. The zero-order chi connectivity index (χ0) is 17.3. The lowest BCUT2D eigenvalue weighted by molar-refractivity contribution is 0.0768. The van der Waals surface area contributed by atoms with Gasteiger partial charge in [0.05, 0.1) is 5.56 Å². The quantitative estimate of drug-likeness (QED) is 0.519. The first kappa shape index (κ1) is 17.7. The van der Waals surface area contributed by atoms with E-state index in [9.17, 15) is 22.4 Å². The van der Waals surface area contributed by atoms with E-state index in [0.29, 0.717) is 12.6 Å². The number of carbonyl (C=O) groups excluding carboxylic acids is 1. The Balaban J connectivity index is 2.16.